The van der Waals surface area contributed by atoms with E-state index in [-0.39, 0.29) is 6.61 Å². The van der Waals surface area contributed by atoms with E-state index in [0.717, 1.165) is 25.3 Å². The molecule has 1 rings (SSSR count). The molecule has 1 radical (unpaired) electrons. The molecule has 0 saturated carbocycles. The maximum atomic E-state index is 12.6. The van der Waals surface area contributed by atoms with E-state index in [2.05, 4.69) is 33.9 Å². The van der Waals surface area contributed by atoms with Gasteiger partial charge < -0.3 is 29.4 Å². The summed E-state index contributed by atoms with van der Waals surface area (Å²) in [5.41, 5.74) is 0.794. The van der Waals surface area contributed by atoms with Gasteiger partial charge in [-0.25, -0.2) is 4.98 Å². The third-order valence-corrected chi connectivity index (χ3v) is 10.3. The second-order valence-electron chi connectivity index (χ2n) is 15.1. The number of H-pyrrole nitrogens is 1. The molecule has 0 aromatic carbocycles. The summed E-state index contributed by atoms with van der Waals surface area (Å²) in [6, 6.07) is -0.656. The number of aromatic nitrogens is 2. The van der Waals surface area contributed by atoms with Crippen LogP contribution in [0.2, 0.25) is 0 Å². The number of nitrogens with one attached hydrogen (secondary N) is 2. The van der Waals surface area contributed by atoms with Gasteiger partial charge in [0.05, 0.1) is 25.7 Å². The van der Waals surface area contributed by atoms with Crippen molar-refractivity contribution < 1.29 is 19.1 Å². The van der Waals surface area contributed by atoms with Gasteiger partial charge in [-0.1, -0.05) is 181 Å². The van der Waals surface area contributed by atoms with Crippen LogP contribution in [-0.4, -0.2) is 79.9 Å². The van der Waals surface area contributed by atoms with Gasteiger partial charge in [0, 0.05) is 24.9 Å². The Balaban J connectivity index is 2.24. The lowest BCUT2D eigenvalue weighted by molar-refractivity contribution is -0.147. The highest BCUT2D eigenvalue weighted by molar-refractivity contribution is 6.64. The molecule has 0 spiro atoms. The average molecular weight is 730 g/mol. The van der Waals surface area contributed by atoms with Crippen LogP contribution in [-0.2, 0) is 25.5 Å². The summed E-state index contributed by atoms with van der Waals surface area (Å²) in [5, 5.41) is 2.82. The van der Waals surface area contributed by atoms with Crippen molar-refractivity contribution >= 4 is 19.6 Å². The summed E-state index contributed by atoms with van der Waals surface area (Å²) in [7, 11) is 1.23. The Morgan fingerprint density at radius 2 is 1.12 bits per heavy atom. The SMILES string of the molecule is CCCCCCCCCCCCCCCCN(CCCCCCCCCCCCCCCC)CCOCCOC(=O)C(Cc1cnc[nH]1)N[B]C=O. The number of aromatic amines is 1. The van der Waals surface area contributed by atoms with Gasteiger partial charge in [0.2, 0.25) is 0 Å². The predicted octanol–water partition coefficient (Wildman–Crippen LogP) is 10.5. The number of rotatable bonds is 42. The number of unbranched alkanes of at least 4 members (excludes halogenated alkanes) is 26. The zero-order valence-corrected chi connectivity index (χ0v) is 34.2. The molecular formula is C43H82BN4O4. The fourth-order valence-electron chi connectivity index (χ4n) is 6.97. The van der Waals surface area contributed by atoms with Crippen LogP contribution in [0.25, 0.3) is 0 Å². The first-order valence-electron chi connectivity index (χ1n) is 22.2. The second-order valence-corrected chi connectivity index (χ2v) is 15.1. The Morgan fingerprint density at radius 1 is 0.673 bits per heavy atom. The highest BCUT2D eigenvalue weighted by atomic mass is 16.6. The first-order chi connectivity index (χ1) is 25.7. The van der Waals surface area contributed by atoms with Crippen molar-refractivity contribution in [3.8, 4) is 0 Å². The van der Waals surface area contributed by atoms with E-state index in [1.165, 1.54) is 187 Å². The Labute approximate surface area is 321 Å². The third kappa shape index (κ3) is 31.8. The van der Waals surface area contributed by atoms with Gasteiger partial charge in [-0.15, -0.1) is 0 Å². The van der Waals surface area contributed by atoms with Gasteiger partial charge in [0.25, 0.3) is 7.41 Å². The molecule has 2 N–H and O–H groups in total. The normalized spacial score (nSPS) is 12.1. The number of ether oxygens (including phenoxy) is 2. The lowest BCUT2D eigenvalue weighted by Crippen LogP contribution is -2.42. The van der Waals surface area contributed by atoms with E-state index >= 15 is 0 Å². The van der Waals surface area contributed by atoms with E-state index in [1.807, 2.05) is 0 Å². The molecule has 52 heavy (non-hydrogen) atoms. The summed E-state index contributed by atoms with van der Waals surface area (Å²) in [4.78, 5) is 33.0. The minimum Gasteiger partial charge on any atom is -0.462 e. The smallest absolute Gasteiger partial charge is 0.322 e. The van der Waals surface area contributed by atoms with Crippen LogP contribution in [0.15, 0.2) is 12.5 Å². The molecule has 0 fully saturated rings. The lowest BCUT2D eigenvalue weighted by atomic mass is 9.95. The molecule has 1 aromatic rings. The second kappa shape index (κ2) is 39.0. The van der Waals surface area contributed by atoms with Crippen molar-refractivity contribution in [1.82, 2.24) is 20.1 Å². The third-order valence-electron chi connectivity index (χ3n) is 10.3. The van der Waals surface area contributed by atoms with Crippen molar-refractivity contribution in [1.29, 1.82) is 0 Å². The van der Waals surface area contributed by atoms with E-state index in [1.54, 1.807) is 12.5 Å². The molecule has 0 amide bonds. The molecule has 1 aromatic heterocycles. The molecule has 0 aliphatic carbocycles. The van der Waals surface area contributed by atoms with Crippen molar-refractivity contribution in [2.24, 2.45) is 0 Å². The monoisotopic (exact) mass is 730 g/mol. The van der Waals surface area contributed by atoms with Gasteiger partial charge in [-0.05, 0) is 25.9 Å². The minimum absolute atomic E-state index is 0.193. The predicted molar refractivity (Wildman–Crippen MR) is 221 cm³/mol. The van der Waals surface area contributed by atoms with Crippen molar-refractivity contribution in [2.75, 3.05) is 39.5 Å². The molecule has 8 nitrogen and oxygen atoms in total. The Bertz CT molecular complexity index is 843. The number of imidazole rings is 1. The van der Waals surface area contributed by atoms with Gasteiger partial charge in [-0.2, -0.15) is 0 Å². The average Bonchev–Trinajstić information content (AvgIpc) is 3.67. The molecular weight excluding hydrogens is 647 g/mol. The number of carbonyl (C=O) groups excluding carboxylic acids is 2. The molecule has 9 heteroatoms. The number of carbonyl (C=O) groups is 2. The highest BCUT2D eigenvalue weighted by Crippen LogP contribution is 2.15. The van der Waals surface area contributed by atoms with Crippen molar-refractivity contribution in [3.05, 3.63) is 18.2 Å². The Hall–Kier alpha value is -1.71. The van der Waals surface area contributed by atoms with Crippen LogP contribution < -0.4 is 5.23 Å². The van der Waals surface area contributed by atoms with Crippen LogP contribution in [0.1, 0.15) is 199 Å². The zero-order chi connectivity index (χ0) is 37.4. The standard InChI is InChI=1S/C43H82BN4O4/c1-3-5-7-9-11-13-15-17-19-21-23-25-27-29-31-48(32-30-28-26-24-22-20-18-16-14-12-10-8-6-4-2)33-34-51-35-36-52-43(50)42(47-44-39-49)37-41-38-45-40-46-41/h38-40,42,47H,3-37H2,1-2H3,(H,45,46). The maximum Gasteiger partial charge on any atom is 0.322 e. The highest BCUT2D eigenvalue weighted by Gasteiger charge is 2.20. The van der Waals surface area contributed by atoms with Crippen LogP contribution in [0, 0.1) is 0 Å². The first kappa shape index (κ1) is 48.3. The summed E-state index contributed by atoms with van der Waals surface area (Å²) in [5.74, 6) is -0.409. The molecule has 0 aliphatic heterocycles. The quantitative estimate of drug-likeness (QED) is 0.0299. The number of esters is 1. The fourth-order valence-corrected chi connectivity index (χ4v) is 6.97. The van der Waals surface area contributed by atoms with Crippen LogP contribution in [0.4, 0.5) is 0 Å². The molecule has 1 unspecified atom stereocenters. The van der Waals surface area contributed by atoms with Gasteiger partial charge in [0.15, 0.2) is 0 Å². The van der Waals surface area contributed by atoms with Gasteiger partial charge >= 0.3 is 5.97 Å². The lowest BCUT2D eigenvalue weighted by Gasteiger charge is -2.22. The molecule has 0 bridgehead atoms. The topological polar surface area (TPSA) is 96.6 Å². The summed E-state index contributed by atoms with van der Waals surface area (Å²) >= 11 is 0. The van der Waals surface area contributed by atoms with E-state index in [9.17, 15) is 9.59 Å². The summed E-state index contributed by atoms with van der Waals surface area (Å²) < 4.78 is 11.4. The van der Waals surface area contributed by atoms with Gasteiger partial charge in [-0.3, -0.25) is 4.79 Å². The van der Waals surface area contributed by atoms with E-state index < -0.39 is 12.0 Å². The zero-order valence-electron chi connectivity index (χ0n) is 34.2. The molecule has 1 heterocycles. The Morgan fingerprint density at radius 3 is 1.52 bits per heavy atom. The number of hydrogen-bond donors (Lipinski definition) is 2. The van der Waals surface area contributed by atoms with Crippen LogP contribution >= 0.6 is 0 Å². The number of nitrogens with zero attached hydrogens (tertiary/aromatic N) is 2. The van der Waals surface area contributed by atoms with Crippen LogP contribution in [0.3, 0.4) is 0 Å². The molecule has 1 atom stereocenters. The maximum absolute atomic E-state index is 12.6. The summed E-state index contributed by atoms with van der Waals surface area (Å²) in [6.07, 6.45) is 43.1. The van der Waals surface area contributed by atoms with Crippen molar-refractivity contribution in [2.45, 2.75) is 206 Å². The van der Waals surface area contributed by atoms with Crippen LogP contribution in [0.5, 0.6) is 0 Å². The first-order valence-corrected chi connectivity index (χ1v) is 22.2. The summed E-state index contributed by atoms with van der Waals surface area (Å²) in [6.45, 7) is 8.99. The molecule has 0 saturated heterocycles. The van der Waals surface area contributed by atoms with Gasteiger partial charge in [0.1, 0.15) is 12.6 Å². The minimum atomic E-state index is -0.656. The van der Waals surface area contributed by atoms with E-state index in [0.29, 0.717) is 25.8 Å². The Kier molecular flexibility index (Phi) is 36.2. The molecule has 301 valence electrons. The van der Waals surface area contributed by atoms with E-state index in [4.69, 9.17) is 9.47 Å². The fraction of sp³-hybridized carbons (Fsp3) is 0.884. The largest absolute Gasteiger partial charge is 0.462 e. The number of hydrogen-bond acceptors (Lipinski definition) is 7. The van der Waals surface area contributed by atoms with Crippen molar-refractivity contribution in [3.63, 3.8) is 0 Å². The molecule has 0 aliphatic rings.